The fourth-order valence-electron chi connectivity index (χ4n) is 1.73. The number of rotatable bonds is 2. The molecule has 6 heteroatoms. The van der Waals surface area contributed by atoms with E-state index in [-0.39, 0.29) is 5.75 Å². The molecular weight excluding hydrogens is 360 g/mol. The van der Waals surface area contributed by atoms with Crippen molar-refractivity contribution in [2.75, 3.05) is 0 Å². The number of alkyl halides is 3. The first-order chi connectivity index (χ1) is 11.3. The molecule has 0 aliphatic carbocycles. The Kier molecular flexibility index (Phi) is 9.86. The lowest BCUT2D eigenvalue weighted by atomic mass is 10.0. The Hall–Kier alpha value is -1.39. The van der Waals surface area contributed by atoms with Crippen LogP contribution in [0.4, 0.5) is 13.2 Å². The van der Waals surface area contributed by atoms with E-state index in [0.717, 1.165) is 0 Å². The van der Waals surface area contributed by atoms with Gasteiger partial charge in [-0.25, -0.2) is 0 Å². The smallest absolute Gasteiger partial charge is 0.405 e. The zero-order chi connectivity index (χ0) is 18.9. The molecular formula is C18H21Cl2F3O. The summed E-state index contributed by atoms with van der Waals surface area (Å²) in [6, 6.07) is 9.31. The van der Waals surface area contributed by atoms with Gasteiger partial charge in [0.1, 0.15) is 5.75 Å². The fourth-order valence-corrected chi connectivity index (χ4v) is 2.24. The Morgan fingerprint density at radius 2 is 1.46 bits per heavy atom. The van der Waals surface area contributed by atoms with Crippen molar-refractivity contribution in [3.05, 3.63) is 52.0 Å². The molecule has 1 nitrogen and oxygen atoms in total. The minimum atomic E-state index is -4.73. The van der Waals surface area contributed by atoms with Crippen molar-refractivity contribution < 1.29 is 17.9 Å². The zero-order valence-electron chi connectivity index (χ0n) is 14.3. The van der Waals surface area contributed by atoms with Crippen molar-refractivity contribution in [3.8, 4) is 16.9 Å². The highest BCUT2D eigenvalue weighted by molar-refractivity contribution is 6.36. The van der Waals surface area contributed by atoms with Gasteiger partial charge in [0.2, 0.25) is 0 Å². The number of hydrogen-bond acceptors (Lipinski definition) is 1. The lowest BCUT2D eigenvalue weighted by Gasteiger charge is -2.13. The van der Waals surface area contributed by atoms with E-state index in [1.807, 2.05) is 27.7 Å². The first-order valence-electron chi connectivity index (χ1n) is 7.58. The standard InChI is InChI=1S/C14H9Cl2F3O.2C2H6/c1-8-2-3-9(6-13(8)20-14(17,18)19)11-5-4-10(15)7-12(11)16;2*1-2/h2-7H,1H3;2*1-2H3. The van der Waals surface area contributed by atoms with Crippen LogP contribution in [0.1, 0.15) is 33.3 Å². The summed E-state index contributed by atoms with van der Waals surface area (Å²) in [5, 5.41) is 0.817. The van der Waals surface area contributed by atoms with Crippen molar-refractivity contribution >= 4 is 23.2 Å². The third kappa shape index (κ3) is 7.02. The molecule has 0 radical (unpaired) electrons. The summed E-state index contributed by atoms with van der Waals surface area (Å²) in [5.74, 6) is -0.249. The van der Waals surface area contributed by atoms with Crippen molar-refractivity contribution in [2.24, 2.45) is 0 Å². The molecule has 2 aromatic rings. The van der Waals surface area contributed by atoms with E-state index in [4.69, 9.17) is 23.2 Å². The molecule has 0 aliphatic rings. The SMILES string of the molecule is CC.CC.Cc1ccc(-c2ccc(Cl)cc2Cl)cc1OC(F)(F)F. The Bertz CT molecular complexity index is 641. The molecule has 0 aliphatic heterocycles. The summed E-state index contributed by atoms with van der Waals surface area (Å²) >= 11 is 11.8. The molecule has 24 heavy (non-hydrogen) atoms. The number of benzene rings is 2. The molecule has 2 aromatic carbocycles. The normalized spacial score (nSPS) is 10.1. The molecule has 0 N–H and O–H groups in total. The van der Waals surface area contributed by atoms with Crippen LogP contribution in [0.5, 0.6) is 5.75 Å². The molecule has 0 aromatic heterocycles. The average molecular weight is 381 g/mol. The maximum Gasteiger partial charge on any atom is 0.573 e. The highest BCUT2D eigenvalue weighted by Gasteiger charge is 2.31. The predicted octanol–water partition coefficient (Wildman–Crippen LogP) is 7.92. The maximum atomic E-state index is 12.3. The first kappa shape index (κ1) is 22.6. The number of ether oxygens (including phenoxy) is 1. The summed E-state index contributed by atoms with van der Waals surface area (Å²) in [5.41, 5.74) is 1.50. The molecule has 0 saturated carbocycles. The average Bonchev–Trinajstić information content (AvgIpc) is 2.52. The summed E-state index contributed by atoms with van der Waals surface area (Å²) in [7, 11) is 0. The molecule has 0 unspecified atom stereocenters. The fraction of sp³-hybridized carbons (Fsp3) is 0.333. The van der Waals surface area contributed by atoms with Gasteiger partial charge in [-0.3, -0.25) is 0 Å². The van der Waals surface area contributed by atoms with E-state index < -0.39 is 6.36 Å². The van der Waals surface area contributed by atoms with Gasteiger partial charge < -0.3 is 4.74 Å². The van der Waals surface area contributed by atoms with Crippen LogP contribution in [0.3, 0.4) is 0 Å². The van der Waals surface area contributed by atoms with E-state index >= 15 is 0 Å². The molecule has 0 heterocycles. The monoisotopic (exact) mass is 380 g/mol. The third-order valence-corrected chi connectivity index (χ3v) is 3.20. The van der Waals surface area contributed by atoms with Gasteiger partial charge in [-0.05, 0) is 36.2 Å². The van der Waals surface area contributed by atoms with E-state index in [2.05, 4.69) is 4.74 Å². The topological polar surface area (TPSA) is 9.23 Å². The Balaban J connectivity index is 0.00000123. The van der Waals surface area contributed by atoms with E-state index in [1.165, 1.54) is 19.1 Å². The van der Waals surface area contributed by atoms with Crippen molar-refractivity contribution in [3.63, 3.8) is 0 Å². The lowest BCUT2D eigenvalue weighted by molar-refractivity contribution is -0.274. The number of aryl methyl sites for hydroxylation is 1. The van der Waals surface area contributed by atoms with Crippen LogP contribution in [0.25, 0.3) is 11.1 Å². The maximum absolute atomic E-state index is 12.3. The molecule has 0 fully saturated rings. The van der Waals surface area contributed by atoms with Crippen molar-refractivity contribution in [1.29, 1.82) is 0 Å². The Morgan fingerprint density at radius 3 is 1.96 bits per heavy atom. The molecule has 0 bridgehead atoms. The zero-order valence-corrected chi connectivity index (χ0v) is 15.8. The minimum Gasteiger partial charge on any atom is -0.405 e. The van der Waals surface area contributed by atoms with E-state index in [1.54, 1.807) is 24.3 Å². The van der Waals surface area contributed by atoms with E-state index in [9.17, 15) is 13.2 Å². The van der Waals surface area contributed by atoms with Crippen LogP contribution < -0.4 is 4.74 Å². The van der Waals surface area contributed by atoms with Gasteiger partial charge in [0, 0.05) is 15.6 Å². The second kappa shape index (κ2) is 10.5. The Labute approximate surface area is 151 Å². The summed E-state index contributed by atoms with van der Waals surface area (Å²) in [6.07, 6.45) is -4.73. The second-order valence-electron chi connectivity index (χ2n) is 4.15. The van der Waals surface area contributed by atoms with Crippen LogP contribution in [0.15, 0.2) is 36.4 Å². The first-order valence-corrected chi connectivity index (χ1v) is 8.34. The van der Waals surface area contributed by atoms with Crippen LogP contribution in [0, 0.1) is 6.92 Å². The lowest BCUT2D eigenvalue weighted by Crippen LogP contribution is -2.17. The van der Waals surface area contributed by atoms with Gasteiger partial charge in [-0.1, -0.05) is 69.1 Å². The minimum absolute atomic E-state index is 0.249. The summed E-state index contributed by atoms with van der Waals surface area (Å²) < 4.78 is 41.0. The largest absolute Gasteiger partial charge is 0.573 e. The van der Waals surface area contributed by atoms with Gasteiger partial charge in [0.25, 0.3) is 0 Å². The van der Waals surface area contributed by atoms with Crippen molar-refractivity contribution in [1.82, 2.24) is 0 Å². The molecule has 0 saturated heterocycles. The molecule has 2 rings (SSSR count). The molecule has 0 spiro atoms. The number of halogens is 5. The summed E-state index contributed by atoms with van der Waals surface area (Å²) in [6.45, 7) is 9.54. The van der Waals surface area contributed by atoms with Crippen molar-refractivity contribution in [2.45, 2.75) is 41.0 Å². The molecule has 0 amide bonds. The molecule has 0 atom stereocenters. The summed E-state index contributed by atoms with van der Waals surface area (Å²) in [4.78, 5) is 0. The number of hydrogen-bond donors (Lipinski definition) is 0. The quantitative estimate of drug-likeness (QED) is 0.513. The molecule has 134 valence electrons. The Morgan fingerprint density at radius 1 is 0.875 bits per heavy atom. The van der Waals surface area contributed by atoms with E-state index in [0.29, 0.717) is 26.7 Å². The van der Waals surface area contributed by atoms with Gasteiger partial charge >= 0.3 is 6.36 Å². The highest BCUT2D eigenvalue weighted by atomic mass is 35.5. The third-order valence-electron chi connectivity index (χ3n) is 2.66. The van der Waals surface area contributed by atoms with Gasteiger partial charge in [0.05, 0.1) is 0 Å². The van der Waals surface area contributed by atoms with Crippen LogP contribution >= 0.6 is 23.2 Å². The highest BCUT2D eigenvalue weighted by Crippen LogP contribution is 2.35. The van der Waals surface area contributed by atoms with Crippen LogP contribution in [-0.4, -0.2) is 6.36 Å². The van der Waals surface area contributed by atoms with Gasteiger partial charge in [-0.15, -0.1) is 13.2 Å². The van der Waals surface area contributed by atoms with Crippen LogP contribution in [-0.2, 0) is 0 Å². The predicted molar refractivity (Wildman–Crippen MR) is 96.0 cm³/mol. The second-order valence-corrected chi connectivity index (χ2v) is 5.00. The van der Waals surface area contributed by atoms with Crippen LogP contribution in [0.2, 0.25) is 10.0 Å². The van der Waals surface area contributed by atoms with Gasteiger partial charge in [0.15, 0.2) is 0 Å². The van der Waals surface area contributed by atoms with Gasteiger partial charge in [-0.2, -0.15) is 0 Å².